The van der Waals surface area contributed by atoms with Crippen LogP contribution < -0.4 is 0 Å². The van der Waals surface area contributed by atoms with E-state index in [1.807, 2.05) is 34.6 Å². The second kappa shape index (κ2) is 35.1. The minimum absolute atomic E-state index is 0. The largest absolute Gasteiger partial charge is 0 e. The molecule has 0 N–H and O–H groups in total. The summed E-state index contributed by atoms with van der Waals surface area (Å²) in [5.74, 6) is 13.7. The maximum absolute atomic E-state index is 4.57. The number of rotatable bonds is 4. The molecule has 0 unspecified atom stereocenters. The zero-order chi connectivity index (χ0) is 34.2. The van der Waals surface area contributed by atoms with Gasteiger partial charge in [-0.3, -0.25) is 0 Å². The first kappa shape index (κ1) is 55.8. The first-order valence-electron chi connectivity index (χ1n) is 15.3. The van der Waals surface area contributed by atoms with Gasteiger partial charge in [-0.15, -0.1) is 0 Å². The van der Waals surface area contributed by atoms with E-state index in [4.69, 9.17) is 0 Å². The molecule has 0 aromatic heterocycles. The van der Waals surface area contributed by atoms with E-state index in [0.29, 0.717) is 23.7 Å². The molecule has 0 heterocycles. The molecule has 0 nitrogen and oxygen atoms in total. The van der Waals surface area contributed by atoms with Crippen molar-refractivity contribution in [2.75, 3.05) is 0 Å². The molecular formula is C40H56Cl2Ru4. The Hall–Kier alpha value is 3.07. The van der Waals surface area contributed by atoms with Gasteiger partial charge in [-0.2, -0.15) is 0 Å². The first-order valence-corrected chi connectivity index (χ1v) is 19.8. The van der Waals surface area contributed by atoms with E-state index in [1.54, 1.807) is 0 Å². The predicted octanol–water partition coefficient (Wildman–Crippen LogP) is 11.9. The molecule has 0 saturated heterocycles. The summed E-state index contributed by atoms with van der Waals surface area (Å²) in [4.78, 5) is 0. The number of halogens is 2. The second-order valence-electron chi connectivity index (χ2n) is 12.3. The Kier molecular flexibility index (Phi) is 42.6. The van der Waals surface area contributed by atoms with Crippen molar-refractivity contribution < 1.29 is 73.6 Å². The zero-order valence-electron chi connectivity index (χ0n) is 29.7. The van der Waals surface area contributed by atoms with Gasteiger partial charge in [-0.05, 0) is 174 Å². The normalized spacial score (nSPS) is 21.1. The van der Waals surface area contributed by atoms with Gasteiger partial charge < -0.3 is 0 Å². The predicted molar refractivity (Wildman–Crippen MR) is 188 cm³/mol. The quantitative estimate of drug-likeness (QED) is 0.246. The van der Waals surface area contributed by atoms with E-state index in [-0.39, 0.29) is 39.0 Å². The fourth-order valence-electron chi connectivity index (χ4n) is 3.81. The van der Waals surface area contributed by atoms with Gasteiger partial charge in [0.2, 0.25) is 0 Å². The average Bonchev–Trinajstić information content (AvgIpc) is 3.01. The molecule has 262 valence electrons. The van der Waals surface area contributed by atoms with E-state index < -0.39 is 0 Å². The van der Waals surface area contributed by atoms with E-state index in [9.17, 15) is 0 Å². The molecule has 0 bridgehead atoms. The molecular weight excluding hydrogens is 956 g/mol. The average molecular weight is 1010 g/mol. The summed E-state index contributed by atoms with van der Waals surface area (Å²) in [6.45, 7) is 26.2. The topological polar surface area (TPSA) is 0 Å². The summed E-state index contributed by atoms with van der Waals surface area (Å²) >= 11 is 3.64. The molecule has 0 atom stereocenters. The third kappa shape index (κ3) is 28.6. The van der Waals surface area contributed by atoms with Gasteiger partial charge in [-0.25, -0.2) is 0 Å². The van der Waals surface area contributed by atoms with Crippen molar-refractivity contribution in [1.29, 1.82) is 0 Å². The van der Waals surface area contributed by atoms with Gasteiger partial charge in [0.05, 0.1) is 0 Å². The van der Waals surface area contributed by atoms with Gasteiger partial charge in [0.25, 0.3) is 0 Å². The van der Waals surface area contributed by atoms with Crippen LogP contribution in [0.15, 0.2) is 0 Å². The molecule has 0 amide bonds. The maximum Gasteiger partial charge on any atom is 0 e. The molecule has 4 fully saturated rings. The minimum Gasteiger partial charge on any atom is 0 e. The van der Waals surface area contributed by atoms with E-state index in [1.165, 1.54) is 47.3 Å². The second-order valence-corrected chi connectivity index (χ2v) is 12.3. The van der Waals surface area contributed by atoms with Crippen molar-refractivity contribution >= 4 is 19.4 Å². The molecule has 0 aromatic rings. The van der Waals surface area contributed by atoms with Crippen LogP contribution in [0.25, 0.3) is 0 Å². The number of hydrogen-bond donors (Lipinski definition) is 0. The summed E-state index contributed by atoms with van der Waals surface area (Å²) in [5.41, 5.74) is 0. The third-order valence-electron chi connectivity index (χ3n) is 6.98. The summed E-state index contributed by atoms with van der Waals surface area (Å²) in [5, 5.41) is 0. The Morgan fingerprint density at radius 1 is 0.304 bits per heavy atom. The van der Waals surface area contributed by atoms with E-state index in [0.717, 1.165) is 0 Å². The molecule has 24 radical (unpaired) electrons. The van der Waals surface area contributed by atoms with Crippen molar-refractivity contribution in [1.82, 2.24) is 0 Å². The van der Waals surface area contributed by atoms with Gasteiger partial charge in [0.15, 0.2) is 0 Å². The van der Waals surface area contributed by atoms with Crippen molar-refractivity contribution in [3.8, 4) is 0 Å². The van der Waals surface area contributed by atoms with Gasteiger partial charge in [-0.1, -0.05) is 83.1 Å². The maximum atomic E-state index is 4.57. The van der Waals surface area contributed by atoms with Crippen LogP contribution >= 0.6 is 19.4 Å². The van der Waals surface area contributed by atoms with E-state index >= 15 is 0 Å². The van der Waals surface area contributed by atoms with Crippen LogP contribution in [0.4, 0.5) is 0 Å². The van der Waals surface area contributed by atoms with Crippen molar-refractivity contribution in [2.45, 2.75) is 83.1 Å². The fourth-order valence-corrected chi connectivity index (χ4v) is 3.81. The van der Waals surface area contributed by atoms with E-state index in [2.05, 4.69) is 205 Å². The summed E-state index contributed by atoms with van der Waals surface area (Å²) in [7, 11) is 9.14. The molecule has 4 saturated carbocycles. The third-order valence-corrected chi connectivity index (χ3v) is 6.98. The van der Waals surface area contributed by atoms with Gasteiger partial charge >= 0.3 is 54.0 Å². The monoisotopic (exact) mass is 1010 g/mol. The summed E-state index contributed by atoms with van der Waals surface area (Å²) < 4.78 is 0. The summed E-state index contributed by atoms with van der Waals surface area (Å²) in [6, 6.07) is 0. The van der Waals surface area contributed by atoms with Gasteiger partial charge in [0.1, 0.15) is 0 Å². The molecule has 46 heavy (non-hydrogen) atoms. The van der Waals surface area contributed by atoms with Crippen LogP contribution in [0.5, 0.6) is 0 Å². The Morgan fingerprint density at radius 3 is 0.500 bits per heavy atom. The SMILES string of the molecule is C[C]1[CH][CH][C](C(C)C)[CH][CH]1.C[C]1[CH][CH][C](C(C)C)[CH][CH]1.C[C]1[CH][CH][C](C(C)C)[CH][CH]1.C[C]1[CH][CH][C](C(C)C)[CH][CH]1.[Cl][Ru].[Cl][Ru].[Ru].[Ru]. The van der Waals surface area contributed by atoms with Crippen molar-refractivity contribution in [3.63, 3.8) is 0 Å². The van der Waals surface area contributed by atoms with Crippen LogP contribution in [0.3, 0.4) is 0 Å². The Labute approximate surface area is 346 Å². The zero-order valence-corrected chi connectivity index (χ0v) is 38.2. The van der Waals surface area contributed by atoms with Crippen LogP contribution in [0, 0.1) is 174 Å². The molecule has 0 spiro atoms. The van der Waals surface area contributed by atoms with Crippen LogP contribution in [-0.2, 0) is 73.6 Å². The fraction of sp³-hybridized carbons (Fsp3) is 0.400. The molecule has 4 rings (SSSR count). The first-order chi connectivity index (χ1) is 20.8. The standard InChI is InChI=1S/4C10H14.2ClH.4Ru/c4*1-8(2)10-6-4-9(3)5-7-10;;;;;;/h4*4-8H,1-3H3;2*1H;;;;/q;;;;;;;;2*+1/p-2. The smallest absolute Gasteiger partial charge is 0 e. The van der Waals surface area contributed by atoms with Crippen molar-refractivity contribution in [2.24, 2.45) is 23.7 Å². The molecule has 6 heteroatoms. The number of hydrogen-bond acceptors (Lipinski definition) is 0. The van der Waals surface area contributed by atoms with Crippen LogP contribution in [-0.4, -0.2) is 0 Å². The Bertz CT molecular complexity index is 480. The summed E-state index contributed by atoms with van der Waals surface area (Å²) in [6.07, 6.45) is 34.9. The van der Waals surface area contributed by atoms with Gasteiger partial charge in [0, 0.05) is 39.0 Å². The van der Waals surface area contributed by atoms with Crippen LogP contribution in [0.1, 0.15) is 83.1 Å². The van der Waals surface area contributed by atoms with Crippen molar-refractivity contribution in [3.05, 3.63) is 150 Å². The molecule has 0 aromatic carbocycles. The Morgan fingerprint density at radius 2 is 0.413 bits per heavy atom. The van der Waals surface area contributed by atoms with Crippen LogP contribution in [0.2, 0.25) is 0 Å². The molecule has 4 aliphatic carbocycles. The molecule has 4 aliphatic rings. The minimum atomic E-state index is 0. The Balaban J connectivity index is -0.000000243. The molecule has 0 aliphatic heterocycles.